The summed E-state index contributed by atoms with van der Waals surface area (Å²) in [6, 6.07) is 6.25. The molecule has 0 aliphatic carbocycles. The van der Waals surface area contributed by atoms with Gasteiger partial charge in [0.05, 0.1) is 4.90 Å². The van der Waals surface area contributed by atoms with Gasteiger partial charge in [-0.25, -0.2) is 23.2 Å². The zero-order chi connectivity index (χ0) is 18.7. The van der Waals surface area contributed by atoms with Crippen LogP contribution in [0.2, 0.25) is 0 Å². The van der Waals surface area contributed by atoms with Gasteiger partial charge in [-0.05, 0) is 30.7 Å². The summed E-state index contributed by atoms with van der Waals surface area (Å²) in [6.07, 6.45) is 4.53. The van der Waals surface area contributed by atoms with Crippen LogP contribution in [0, 0.1) is 6.92 Å². The smallest absolute Gasteiger partial charge is 0.321 e. The fraction of sp³-hybridized carbons (Fsp3) is 0.353. The van der Waals surface area contributed by atoms with Gasteiger partial charge in [0.25, 0.3) is 0 Å². The minimum atomic E-state index is -3.33. The van der Waals surface area contributed by atoms with Crippen LogP contribution in [0.25, 0.3) is 0 Å². The Bertz CT molecular complexity index is 894. The summed E-state index contributed by atoms with van der Waals surface area (Å²) in [4.78, 5) is 24.9. The molecule has 1 aromatic carbocycles. The van der Waals surface area contributed by atoms with Crippen molar-refractivity contribution in [1.82, 2.24) is 14.9 Å². The second-order valence-corrected chi connectivity index (χ2v) is 8.22. The molecule has 0 saturated carbocycles. The molecule has 0 spiro atoms. The van der Waals surface area contributed by atoms with Gasteiger partial charge in [-0.3, -0.25) is 0 Å². The number of carbonyl (C=O) groups is 1. The van der Waals surface area contributed by atoms with Gasteiger partial charge in [0, 0.05) is 50.5 Å². The van der Waals surface area contributed by atoms with E-state index in [-0.39, 0.29) is 10.9 Å². The van der Waals surface area contributed by atoms with Gasteiger partial charge in [-0.2, -0.15) is 0 Å². The van der Waals surface area contributed by atoms with E-state index in [2.05, 4.69) is 15.3 Å². The molecule has 9 heteroatoms. The minimum absolute atomic E-state index is 0.185. The summed E-state index contributed by atoms with van der Waals surface area (Å²) >= 11 is 0. The summed E-state index contributed by atoms with van der Waals surface area (Å²) in [7, 11) is -3.33. The number of piperazine rings is 1. The molecule has 0 unspecified atom stereocenters. The largest absolute Gasteiger partial charge is 0.337 e. The fourth-order valence-electron chi connectivity index (χ4n) is 2.72. The predicted octanol–water partition coefficient (Wildman–Crippen LogP) is 1.54. The van der Waals surface area contributed by atoms with Crippen LogP contribution in [0.1, 0.15) is 5.56 Å². The number of urea groups is 1. The van der Waals surface area contributed by atoms with Gasteiger partial charge in [0.2, 0.25) is 5.95 Å². The van der Waals surface area contributed by atoms with Crippen LogP contribution in [-0.2, 0) is 9.84 Å². The lowest BCUT2D eigenvalue weighted by Gasteiger charge is -2.34. The summed E-state index contributed by atoms with van der Waals surface area (Å²) in [6.45, 7) is 4.18. The van der Waals surface area contributed by atoms with Gasteiger partial charge in [-0.15, -0.1) is 0 Å². The summed E-state index contributed by atoms with van der Waals surface area (Å²) in [5, 5.41) is 2.82. The highest BCUT2D eigenvalue weighted by molar-refractivity contribution is 7.90. The van der Waals surface area contributed by atoms with Crippen molar-refractivity contribution in [2.45, 2.75) is 11.8 Å². The van der Waals surface area contributed by atoms with E-state index in [0.717, 1.165) is 11.8 Å². The highest BCUT2D eigenvalue weighted by Gasteiger charge is 2.23. The third-order valence-electron chi connectivity index (χ3n) is 4.28. The Morgan fingerprint density at radius 3 is 2.38 bits per heavy atom. The zero-order valence-electron chi connectivity index (χ0n) is 14.7. The van der Waals surface area contributed by atoms with E-state index in [1.165, 1.54) is 6.07 Å². The molecule has 2 aromatic rings. The molecule has 26 heavy (non-hydrogen) atoms. The highest BCUT2D eigenvalue weighted by Crippen LogP contribution is 2.21. The van der Waals surface area contributed by atoms with Crippen LogP contribution in [-0.4, -0.2) is 61.8 Å². The van der Waals surface area contributed by atoms with Crippen LogP contribution >= 0.6 is 0 Å². The van der Waals surface area contributed by atoms with Crippen molar-refractivity contribution in [3.05, 3.63) is 42.2 Å². The van der Waals surface area contributed by atoms with Crippen molar-refractivity contribution in [2.24, 2.45) is 0 Å². The maximum absolute atomic E-state index is 12.5. The molecule has 2 amide bonds. The number of nitrogens with zero attached hydrogens (tertiary/aromatic N) is 4. The number of anilines is 2. The van der Waals surface area contributed by atoms with E-state index >= 15 is 0 Å². The third kappa shape index (κ3) is 4.10. The lowest BCUT2D eigenvalue weighted by atomic mass is 10.2. The number of carbonyl (C=O) groups excluding carboxylic acids is 1. The van der Waals surface area contributed by atoms with Crippen LogP contribution < -0.4 is 10.2 Å². The van der Waals surface area contributed by atoms with Crippen LogP contribution in [0.3, 0.4) is 0 Å². The van der Waals surface area contributed by atoms with E-state index in [0.29, 0.717) is 37.8 Å². The minimum Gasteiger partial charge on any atom is -0.337 e. The van der Waals surface area contributed by atoms with E-state index < -0.39 is 9.84 Å². The Hall–Kier alpha value is -2.68. The van der Waals surface area contributed by atoms with Gasteiger partial charge in [0.1, 0.15) is 0 Å². The van der Waals surface area contributed by atoms with Crippen LogP contribution in [0.15, 0.2) is 41.6 Å². The first-order valence-corrected chi connectivity index (χ1v) is 10.1. The zero-order valence-corrected chi connectivity index (χ0v) is 15.5. The van der Waals surface area contributed by atoms with E-state index in [4.69, 9.17) is 0 Å². The molecule has 1 aromatic heterocycles. The van der Waals surface area contributed by atoms with Crippen molar-refractivity contribution >= 4 is 27.5 Å². The van der Waals surface area contributed by atoms with Crippen molar-refractivity contribution in [3.8, 4) is 0 Å². The lowest BCUT2D eigenvalue weighted by molar-refractivity contribution is 0.208. The van der Waals surface area contributed by atoms with Gasteiger partial charge < -0.3 is 15.1 Å². The molecule has 8 nitrogen and oxygen atoms in total. The van der Waals surface area contributed by atoms with Crippen molar-refractivity contribution < 1.29 is 13.2 Å². The molecule has 1 aliphatic heterocycles. The van der Waals surface area contributed by atoms with Crippen molar-refractivity contribution in [2.75, 3.05) is 42.7 Å². The van der Waals surface area contributed by atoms with Crippen LogP contribution in [0.4, 0.5) is 16.4 Å². The average molecular weight is 375 g/mol. The molecule has 138 valence electrons. The van der Waals surface area contributed by atoms with Gasteiger partial charge in [-0.1, -0.05) is 6.07 Å². The first-order chi connectivity index (χ1) is 12.3. The molecule has 0 bridgehead atoms. The molecule has 2 heterocycles. The van der Waals surface area contributed by atoms with Gasteiger partial charge in [0.15, 0.2) is 9.84 Å². The summed E-state index contributed by atoms with van der Waals surface area (Å²) < 4.78 is 23.4. The molecule has 1 aliphatic rings. The van der Waals surface area contributed by atoms with Gasteiger partial charge >= 0.3 is 6.03 Å². The number of hydrogen-bond acceptors (Lipinski definition) is 6. The standard InChI is InChI=1S/C17H21N5O3S/c1-13-4-5-14(26(2,24)25)12-15(13)20-17(23)22-10-8-21(9-11-22)16-18-6-3-7-19-16/h3-7,12H,8-11H2,1-2H3,(H,20,23). The fourth-order valence-corrected chi connectivity index (χ4v) is 3.37. The molecule has 3 rings (SSSR count). The molecule has 1 saturated heterocycles. The third-order valence-corrected chi connectivity index (χ3v) is 5.39. The highest BCUT2D eigenvalue weighted by atomic mass is 32.2. The number of amides is 2. The number of hydrogen-bond donors (Lipinski definition) is 1. The topological polar surface area (TPSA) is 95.5 Å². The predicted molar refractivity (Wildman–Crippen MR) is 99.1 cm³/mol. The Labute approximate surface area is 152 Å². The first-order valence-electron chi connectivity index (χ1n) is 8.23. The second kappa shape index (κ2) is 7.28. The van der Waals surface area contributed by atoms with E-state index in [1.54, 1.807) is 35.5 Å². The summed E-state index contributed by atoms with van der Waals surface area (Å²) in [5.41, 5.74) is 1.31. The molecular formula is C17H21N5O3S. The number of aromatic nitrogens is 2. The normalized spacial score (nSPS) is 15.0. The van der Waals surface area contributed by atoms with E-state index in [9.17, 15) is 13.2 Å². The Balaban J connectivity index is 1.65. The Morgan fingerprint density at radius 2 is 1.77 bits per heavy atom. The van der Waals surface area contributed by atoms with Crippen molar-refractivity contribution in [3.63, 3.8) is 0 Å². The molecule has 0 radical (unpaired) electrons. The lowest BCUT2D eigenvalue weighted by Crippen LogP contribution is -2.50. The van der Waals surface area contributed by atoms with E-state index in [1.807, 2.05) is 11.8 Å². The quantitative estimate of drug-likeness (QED) is 0.874. The maximum Gasteiger partial charge on any atom is 0.321 e. The number of nitrogens with one attached hydrogen (secondary N) is 1. The molecule has 0 atom stereocenters. The molecular weight excluding hydrogens is 354 g/mol. The monoisotopic (exact) mass is 375 g/mol. The second-order valence-electron chi connectivity index (χ2n) is 6.20. The first kappa shape index (κ1) is 18.1. The number of benzene rings is 1. The number of rotatable bonds is 3. The maximum atomic E-state index is 12.5. The molecule has 1 N–H and O–H groups in total. The van der Waals surface area contributed by atoms with Crippen LogP contribution in [0.5, 0.6) is 0 Å². The SMILES string of the molecule is Cc1ccc(S(C)(=O)=O)cc1NC(=O)N1CCN(c2ncccn2)CC1. The summed E-state index contributed by atoms with van der Waals surface area (Å²) in [5.74, 6) is 0.657. The number of aryl methyl sites for hydroxylation is 1. The Morgan fingerprint density at radius 1 is 1.12 bits per heavy atom. The number of sulfone groups is 1. The average Bonchev–Trinajstić information content (AvgIpc) is 2.63. The van der Waals surface area contributed by atoms with Crippen molar-refractivity contribution in [1.29, 1.82) is 0 Å². The molecule has 1 fully saturated rings. The Kier molecular flexibility index (Phi) is 5.08.